The predicted molar refractivity (Wildman–Crippen MR) is 74.8 cm³/mol. The van der Waals surface area contributed by atoms with Crippen LogP contribution in [0.15, 0.2) is 30.3 Å². The van der Waals surface area contributed by atoms with E-state index >= 15 is 0 Å². The van der Waals surface area contributed by atoms with Crippen LogP contribution in [-0.2, 0) is 16.1 Å². The van der Waals surface area contributed by atoms with Crippen molar-refractivity contribution in [2.75, 3.05) is 7.11 Å². The topological polar surface area (TPSA) is 79.9 Å². The van der Waals surface area contributed by atoms with Gasteiger partial charge in [-0.1, -0.05) is 30.3 Å². The van der Waals surface area contributed by atoms with E-state index in [9.17, 15) is 4.79 Å². The largest absolute Gasteiger partial charge is 0.468 e. The fourth-order valence-electron chi connectivity index (χ4n) is 1.84. The normalized spacial score (nSPS) is 11.3. The quantitative estimate of drug-likeness (QED) is 0.808. The van der Waals surface area contributed by atoms with Gasteiger partial charge in [0.2, 0.25) is 0 Å². The van der Waals surface area contributed by atoms with Crippen LogP contribution in [0.1, 0.15) is 19.5 Å². The molecule has 0 aliphatic rings. The van der Waals surface area contributed by atoms with E-state index < -0.39 is 5.54 Å². The van der Waals surface area contributed by atoms with Gasteiger partial charge in [-0.3, -0.25) is 10.1 Å². The Balaban J connectivity index is 2.13. The molecule has 0 saturated carbocycles. The lowest BCUT2D eigenvalue weighted by molar-refractivity contribution is -0.147. The van der Waals surface area contributed by atoms with Gasteiger partial charge in [-0.2, -0.15) is 15.4 Å². The third kappa shape index (κ3) is 3.03. The van der Waals surface area contributed by atoms with Crippen LogP contribution in [0, 0.1) is 0 Å². The van der Waals surface area contributed by atoms with Gasteiger partial charge in [0.25, 0.3) is 0 Å². The van der Waals surface area contributed by atoms with Crippen molar-refractivity contribution >= 4 is 5.97 Å². The van der Waals surface area contributed by atoms with Crippen LogP contribution in [0.4, 0.5) is 0 Å². The van der Waals surface area contributed by atoms with Gasteiger partial charge in [0.1, 0.15) is 16.9 Å². The van der Waals surface area contributed by atoms with E-state index in [0.29, 0.717) is 6.54 Å². The second-order valence-electron chi connectivity index (χ2n) is 4.96. The molecule has 0 spiro atoms. The molecular weight excluding hydrogens is 256 g/mol. The molecule has 0 unspecified atom stereocenters. The van der Waals surface area contributed by atoms with Crippen LogP contribution in [0.3, 0.4) is 0 Å². The monoisotopic (exact) mass is 274 g/mol. The molecule has 0 bridgehead atoms. The maximum absolute atomic E-state index is 11.6. The summed E-state index contributed by atoms with van der Waals surface area (Å²) < 4.78 is 4.75. The molecule has 0 aliphatic heterocycles. The number of hydrogen-bond donors (Lipinski definition) is 2. The molecule has 1 heterocycles. The first kappa shape index (κ1) is 14.2. The van der Waals surface area contributed by atoms with Crippen LogP contribution in [0.2, 0.25) is 0 Å². The molecule has 2 aromatic rings. The summed E-state index contributed by atoms with van der Waals surface area (Å²) in [5.74, 6) is -0.317. The predicted octanol–water partition coefficient (Wildman–Crippen LogP) is 1.51. The van der Waals surface area contributed by atoms with Crippen LogP contribution < -0.4 is 5.32 Å². The fraction of sp³-hybridized carbons (Fsp3) is 0.357. The molecule has 106 valence electrons. The lowest BCUT2D eigenvalue weighted by atomic mass is 10.1. The van der Waals surface area contributed by atoms with Gasteiger partial charge in [0.05, 0.1) is 7.11 Å². The van der Waals surface area contributed by atoms with Gasteiger partial charge < -0.3 is 4.74 Å². The molecule has 1 aromatic carbocycles. The van der Waals surface area contributed by atoms with Crippen LogP contribution in [0.25, 0.3) is 11.3 Å². The average Bonchev–Trinajstić information content (AvgIpc) is 2.93. The molecule has 0 aliphatic carbocycles. The second kappa shape index (κ2) is 5.83. The van der Waals surface area contributed by atoms with E-state index in [-0.39, 0.29) is 5.97 Å². The number of carbonyl (C=O) groups excluding carboxylic acids is 1. The Morgan fingerprint density at radius 3 is 2.65 bits per heavy atom. The first-order valence-corrected chi connectivity index (χ1v) is 6.33. The van der Waals surface area contributed by atoms with Crippen molar-refractivity contribution in [2.24, 2.45) is 0 Å². The molecule has 2 N–H and O–H groups in total. The van der Waals surface area contributed by atoms with E-state index in [2.05, 4.69) is 20.7 Å². The smallest absolute Gasteiger partial charge is 0.325 e. The van der Waals surface area contributed by atoms with Crippen LogP contribution in [-0.4, -0.2) is 34.0 Å². The zero-order valence-electron chi connectivity index (χ0n) is 11.8. The number of benzene rings is 1. The van der Waals surface area contributed by atoms with Crippen molar-refractivity contribution in [3.05, 3.63) is 36.0 Å². The van der Waals surface area contributed by atoms with Gasteiger partial charge in [0, 0.05) is 12.1 Å². The molecule has 2 rings (SSSR count). The second-order valence-corrected chi connectivity index (χ2v) is 4.96. The minimum absolute atomic E-state index is 0.317. The molecule has 0 atom stereocenters. The zero-order valence-corrected chi connectivity index (χ0v) is 11.8. The Bertz CT molecular complexity index is 578. The molecule has 0 saturated heterocycles. The summed E-state index contributed by atoms with van der Waals surface area (Å²) in [4.78, 5) is 11.6. The summed E-state index contributed by atoms with van der Waals surface area (Å²) in [6.45, 7) is 3.95. The summed E-state index contributed by atoms with van der Waals surface area (Å²) in [5.41, 5.74) is 1.74. The lowest BCUT2D eigenvalue weighted by Gasteiger charge is -2.22. The SMILES string of the molecule is COC(=O)C(C)(C)NCc1n[nH]nc1-c1ccccc1. The van der Waals surface area contributed by atoms with Gasteiger partial charge in [-0.15, -0.1) is 0 Å². The third-order valence-corrected chi connectivity index (χ3v) is 3.06. The van der Waals surface area contributed by atoms with Gasteiger partial charge >= 0.3 is 5.97 Å². The van der Waals surface area contributed by atoms with Crippen molar-refractivity contribution < 1.29 is 9.53 Å². The minimum Gasteiger partial charge on any atom is -0.468 e. The Hall–Kier alpha value is -2.21. The minimum atomic E-state index is -0.776. The van der Waals surface area contributed by atoms with Gasteiger partial charge in [-0.25, -0.2) is 0 Å². The lowest BCUT2D eigenvalue weighted by Crippen LogP contribution is -2.47. The van der Waals surface area contributed by atoms with E-state index in [1.807, 2.05) is 30.3 Å². The van der Waals surface area contributed by atoms with Crippen molar-refractivity contribution in [1.82, 2.24) is 20.7 Å². The maximum atomic E-state index is 11.6. The molecular formula is C14H18N4O2. The average molecular weight is 274 g/mol. The maximum Gasteiger partial charge on any atom is 0.325 e. The highest BCUT2D eigenvalue weighted by Crippen LogP contribution is 2.19. The third-order valence-electron chi connectivity index (χ3n) is 3.06. The van der Waals surface area contributed by atoms with E-state index in [1.54, 1.807) is 13.8 Å². The summed E-state index contributed by atoms with van der Waals surface area (Å²) >= 11 is 0. The molecule has 1 aromatic heterocycles. The summed E-state index contributed by atoms with van der Waals surface area (Å²) in [6.07, 6.45) is 0. The number of aromatic amines is 1. The standard InChI is InChI=1S/C14H18N4O2/c1-14(2,13(19)20-3)15-9-11-12(17-18-16-11)10-7-5-4-6-8-10/h4-8,15H,9H2,1-3H3,(H,16,17,18). The van der Waals surface area contributed by atoms with Gasteiger partial charge in [0.15, 0.2) is 0 Å². The number of esters is 1. The van der Waals surface area contributed by atoms with Crippen molar-refractivity contribution in [3.63, 3.8) is 0 Å². The fourth-order valence-corrected chi connectivity index (χ4v) is 1.84. The van der Waals surface area contributed by atoms with Crippen molar-refractivity contribution in [1.29, 1.82) is 0 Å². The van der Waals surface area contributed by atoms with E-state index in [1.165, 1.54) is 7.11 Å². The van der Waals surface area contributed by atoms with Crippen molar-refractivity contribution in [2.45, 2.75) is 25.9 Å². The number of nitrogens with zero attached hydrogens (tertiary/aromatic N) is 2. The summed E-state index contributed by atoms with van der Waals surface area (Å²) in [7, 11) is 1.37. The van der Waals surface area contributed by atoms with Gasteiger partial charge in [-0.05, 0) is 13.8 Å². The number of hydrogen-bond acceptors (Lipinski definition) is 5. The van der Waals surface area contributed by atoms with E-state index in [4.69, 9.17) is 4.74 Å². The zero-order chi connectivity index (χ0) is 14.6. The number of H-pyrrole nitrogens is 1. The first-order valence-electron chi connectivity index (χ1n) is 6.33. The van der Waals surface area contributed by atoms with E-state index in [0.717, 1.165) is 17.0 Å². The molecule has 6 nitrogen and oxygen atoms in total. The Kier molecular flexibility index (Phi) is 4.14. The van der Waals surface area contributed by atoms with Crippen molar-refractivity contribution in [3.8, 4) is 11.3 Å². The molecule has 0 radical (unpaired) electrons. The molecule has 6 heteroatoms. The van der Waals surface area contributed by atoms with Crippen LogP contribution in [0.5, 0.6) is 0 Å². The Labute approximate surface area is 117 Å². The summed E-state index contributed by atoms with van der Waals surface area (Å²) in [6, 6.07) is 9.76. The molecule has 0 fully saturated rings. The number of carbonyl (C=O) groups is 1. The number of ether oxygens (including phenoxy) is 1. The van der Waals surface area contributed by atoms with Crippen LogP contribution >= 0.6 is 0 Å². The summed E-state index contributed by atoms with van der Waals surface area (Å²) in [5, 5.41) is 14.0. The highest BCUT2D eigenvalue weighted by Gasteiger charge is 2.28. The Morgan fingerprint density at radius 2 is 2.00 bits per heavy atom. The number of rotatable bonds is 5. The first-order chi connectivity index (χ1) is 9.54. The number of aromatic nitrogens is 3. The Morgan fingerprint density at radius 1 is 1.30 bits per heavy atom. The molecule has 0 amide bonds. The number of nitrogens with one attached hydrogen (secondary N) is 2. The highest BCUT2D eigenvalue weighted by atomic mass is 16.5. The molecule has 20 heavy (non-hydrogen) atoms. The number of methoxy groups -OCH3 is 1. The highest BCUT2D eigenvalue weighted by molar-refractivity contribution is 5.79.